The molecular formula is C31H33F7N4OS. The number of pyridine rings is 1. The minimum Gasteiger partial charge on any atom is -0.354 e. The Kier molecular flexibility index (Phi) is 9.60. The van der Waals surface area contributed by atoms with E-state index in [-0.39, 0.29) is 17.8 Å². The van der Waals surface area contributed by atoms with Crippen LogP contribution >= 0.6 is 12.6 Å². The smallest absolute Gasteiger partial charge is 0.354 e. The van der Waals surface area contributed by atoms with Crippen molar-refractivity contribution in [2.24, 2.45) is 0 Å². The summed E-state index contributed by atoms with van der Waals surface area (Å²) in [7, 11) is 1.38. The van der Waals surface area contributed by atoms with E-state index in [1.54, 1.807) is 19.1 Å². The molecule has 1 N–H and O–H groups in total. The van der Waals surface area contributed by atoms with Gasteiger partial charge in [0.05, 0.1) is 28.4 Å². The topological polar surface area (TPSA) is 48.5 Å². The third-order valence-electron chi connectivity index (χ3n) is 7.91. The summed E-state index contributed by atoms with van der Waals surface area (Å²) < 4.78 is 95.7. The number of alkyl halides is 6. The molecule has 1 aliphatic heterocycles. The van der Waals surface area contributed by atoms with Crippen LogP contribution in [0.15, 0.2) is 48.7 Å². The number of likely N-dealkylation sites (N-methyl/N-ethyl adjacent to an activating group) is 1. The zero-order valence-corrected chi connectivity index (χ0v) is 25.5. The van der Waals surface area contributed by atoms with Crippen LogP contribution < -0.4 is 15.1 Å². The van der Waals surface area contributed by atoms with Crippen LogP contribution in [0.4, 0.5) is 42.2 Å². The molecule has 1 atom stereocenters. The number of anilines is 2. The molecule has 4 rings (SSSR count). The predicted molar refractivity (Wildman–Crippen MR) is 160 cm³/mol. The fourth-order valence-corrected chi connectivity index (χ4v) is 5.68. The number of carbonyl (C=O) groups is 1. The molecule has 3 aromatic rings. The Bertz CT molecular complexity index is 1490. The maximum absolute atomic E-state index is 14.1. The molecule has 0 bridgehead atoms. The van der Waals surface area contributed by atoms with Gasteiger partial charge in [0.25, 0.3) is 0 Å². The first-order chi connectivity index (χ1) is 20.4. The highest BCUT2D eigenvalue weighted by Gasteiger charge is 2.41. The predicted octanol–water partition coefficient (Wildman–Crippen LogP) is 7.27. The van der Waals surface area contributed by atoms with Gasteiger partial charge < -0.3 is 15.1 Å². The van der Waals surface area contributed by atoms with E-state index in [1.165, 1.54) is 44.1 Å². The molecule has 1 unspecified atom stereocenters. The van der Waals surface area contributed by atoms with Crippen molar-refractivity contribution in [2.45, 2.75) is 51.0 Å². The summed E-state index contributed by atoms with van der Waals surface area (Å²) in [5.41, 5.74) is -3.37. The van der Waals surface area contributed by atoms with Gasteiger partial charge in [0.2, 0.25) is 5.91 Å². The molecule has 1 saturated heterocycles. The van der Waals surface area contributed by atoms with Gasteiger partial charge in [-0.05, 0) is 86.0 Å². The number of rotatable bonds is 7. The lowest BCUT2D eigenvalue weighted by Gasteiger charge is -2.35. The quantitative estimate of drug-likeness (QED) is 0.210. The Balaban J connectivity index is 1.80. The molecule has 2 heterocycles. The van der Waals surface area contributed by atoms with Gasteiger partial charge in [0.15, 0.2) is 0 Å². The van der Waals surface area contributed by atoms with Crippen molar-refractivity contribution in [1.82, 2.24) is 10.3 Å². The van der Waals surface area contributed by atoms with Crippen molar-refractivity contribution in [3.63, 3.8) is 0 Å². The lowest BCUT2D eigenvalue weighted by Crippen LogP contribution is -2.51. The number of halogens is 7. The lowest BCUT2D eigenvalue weighted by molar-refractivity contribution is -0.143. The van der Waals surface area contributed by atoms with Gasteiger partial charge in [-0.2, -0.15) is 39.0 Å². The van der Waals surface area contributed by atoms with Gasteiger partial charge in [-0.25, -0.2) is 9.37 Å². The number of thiol groups is 1. The van der Waals surface area contributed by atoms with Crippen LogP contribution in [0, 0.1) is 12.7 Å². The second-order valence-corrected chi connectivity index (χ2v) is 11.9. The van der Waals surface area contributed by atoms with Crippen molar-refractivity contribution in [3.05, 3.63) is 76.7 Å². The minimum absolute atomic E-state index is 0.0305. The van der Waals surface area contributed by atoms with E-state index in [0.717, 1.165) is 6.42 Å². The van der Waals surface area contributed by atoms with Gasteiger partial charge >= 0.3 is 12.4 Å². The van der Waals surface area contributed by atoms with E-state index in [4.69, 9.17) is 0 Å². The number of benzene rings is 2. The first kappa shape index (κ1) is 33.6. The number of amides is 1. The number of aromatic nitrogens is 1. The Morgan fingerprint density at radius 2 is 1.61 bits per heavy atom. The lowest BCUT2D eigenvalue weighted by atomic mass is 9.81. The fourth-order valence-electron chi connectivity index (χ4n) is 5.37. The molecule has 0 radical (unpaired) electrons. The van der Waals surface area contributed by atoms with Crippen molar-refractivity contribution < 1.29 is 35.5 Å². The van der Waals surface area contributed by atoms with E-state index in [2.05, 4.69) is 27.8 Å². The van der Waals surface area contributed by atoms with E-state index < -0.39 is 46.2 Å². The highest BCUT2D eigenvalue weighted by atomic mass is 32.1. The number of hydrogen-bond acceptors (Lipinski definition) is 5. The fraction of sp³-hybridized carbons (Fsp3) is 0.419. The molecule has 1 amide bonds. The molecule has 1 aliphatic rings. The number of hydrogen-bond donors (Lipinski definition) is 2. The average Bonchev–Trinajstić information content (AvgIpc) is 2.95. The molecule has 5 nitrogen and oxygen atoms in total. The maximum Gasteiger partial charge on any atom is 0.416 e. The van der Waals surface area contributed by atoms with Crippen molar-refractivity contribution in [3.8, 4) is 11.1 Å². The SMILES string of the molecule is Cc1cc(F)ccc1-c1cc(N2CCNC(CCS)C2)ncc1N(C)C(=O)C(C)(C)c1cc(C(F)(F)F)cc(C(F)(F)F)c1. The molecule has 1 aromatic heterocycles. The van der Waals surface area contributed by atoms with Gasteiger partial charge in [-0.3, -0.25) is 4.79 Å². The summed E-state index contributed by atoms with van der Waals surface area (Å²) in [6.07, 6.45) is -7.85. The third-order valence-corrected chi connectivity index (χ3v) is 8.17. The van der Waals surface area contributed by atoms with E-state index in [9.17, 15) is 35.5 Å². The third kappa shape index (κ3) is 7.14. The van der Waals surface area contributed by atoms with Crippen LogP contribution in [0.5, 0.6) is 0 Å². The van der Waals surface area contributed by atoms with Crippen LogP contribution in [-0.4, -0.2) is 49.4 Å². The first-order valence-corrected chi connectivity index (χ1v) is 14.5. The molecule has 0 aliphatic carbocycles. The van der Waals surface area contributed by atoms with Crippen LogP contribution in [-0.2, 0) is 22.6 Å². The second kappa shape index (κ2) is 12.6. The molecule has 1 fully saturated rings. The van der Waals surface area contributed by atoms with Crippen LogP contribution in [0.1, 0.15) is 42.5 Å². The van der Waals surface area contributed by atoms with Crippen LogP contribution in [0.2, 0.25) is 0 Å². The Morgan fingerprint density at radius 1 is 1.00 bits per heavy atom. The average molecular weight is 643 g/mol. The molecule has 238 valence electrons. The second-order valence-electron chi connectivity index (χ2n) is 11.4. The summed E-state index contributed by atoms with van der Waals surface area (Å²) in [5, 5.41) is 3.43. The van der Waals surface area contributed by atoms with E-state index >= 15 is 0 Å². The standard InChI is InChI=1S/C31H33F7N4OS/c1-18-11-22(32)5-6-24(18)25-15-27(42-9-8-39-23(17-42)7-10-44)40-16-26(25)41(4)28(43)29(2,3)19-12-20(30(33,34)35)14-21(13-19)31(36,37)38/h5-6,11-16,23,39,44H,7-10,17H2,1-4H3. The number of aryl methyl sites for hydroxylation is 1. The van der Waals surface area contributed by atoms with Crippen molar-refractivity contribution in [2.75, 3.05) is 42.2 Å². The number of carbonyl (C=O) groups excluding carboxylic acids is 1. The molecule has 0 saturated carbocycles. The van der Waals surface area contributed by atoms with Gasteiger partial charge in [-0.15, -0.1) is 0 Å². The normalized spacial score (nSPS) is 16.3. The van der Waals surface area contributed by atoms with E-state index in [0.29, 0.717) is 60.0 Å². The number of nitrogens with zero attached hydrogens (tertiary/aromatic N) is 3. The number of nitrogens with one attached hydrogen (secondary N) is 1. The number of piperazine rings is 1. The molecule has 0 spiro atoms. The van der Waals surface area contributed by atoms with Crippen molar-refractivity contribution in [1.29, 1.82) is 0 Å². The first-order valence-electron chi connectivity index (χ1n) is 13.9. The Hall–Kier alpha value is -3.32. The van der Waals surface area contributed by atoms with Crippen LogP contribution in [0.3, 0.4) is 0 Å². The Labute approximate surface area is 256 Å². The summed E-state index contributed by atoms with van der Waals surface area (Å²) in [5.74, 6) is 0.0635. The molecule has 2 aromatic carbocycles. The van der Waals surface area contributed by atoms with Crippen molar-refractivity contribution >= 4 is 30.0 Å². The molecule has 44 heavy (non-hydrogen) atoms. The summed E-state index contributed by atoms with van der Waals surface area (Å²) in [6.45, 7) is 6.24. The highest BCUT2D eigenvalue weighted by Crippen LogP contribution is 2.41. The molecular weight excluding hydrogens is 609 g/mol. The largest absolute Gasteiger partial charge is 0.416 e. The minimum atomic E-state index is -5.07. The van der Waals surface area contributed by atoms with Gasteiger partial charge in [-0.1, -0.05) is 6.07 Å². The zero-order chi connectivity index (χ0) is 32.6. The summed E-state index contributed by atoms with van der Waals surface area (Å²) in [4.78, 5) is 21.8. The van der Waals surface area contributed by atoms with Crippen LogP contribution in [0.25, 0.3) is 11.1 Å². The molecule has 13 heteroatoms. The van der Waals surface area contributed by atoms with Gasteiger partial charge in [0.1, 0.15) is 11.6 Å². The zero-order valence-electron chi connectivity index (χ0n) is 24.6. The summed E-state index contributed by atoms with van der Waals surface area (Å²) in [6, 6.07) is 7.27. The summed E-state index contributed by atoms with van der Waals surface area (Å²) >= 11 is 4.32. The Morgan fingerprint density at radius 3 is 2.18 bits per heavy atom. The maximum atomic E-state index is 14.1. The monoisotopic (exact) mass is 642 g/mol. The highest BCUT2D eigenvalue weighted by molar-refractivity contribution is 7.80. The van der Waals surface area contributed by atoms with Gasteiger partial charge in [0, 0.05) is 38.3 Å². The van der Waals surface area contributed by atoms with E-state index in [1.807, 2.05) is 0 Å².